The van der Waals surface area contributed by atoms with Gasteiger partial charge in [-0.2, -0.15) is 0 Å². The van der Waals surface area contributed by atoms with E-state index in [-0.39, 0.29) is 11.9 Å². The Morgan fingerprint density at radius 2 is 2.39 bits per heavy atom. The molecule has 0 bridgehead atoms. The molecule has 0 aliphatic heterocycles. The van der Waals surface area contributed by atoms with Crippen molar-refractivity contribution < 1.29 is 4.79 Å². The Morgan fingerprint density at radius 3 is 3.17 bits per heavy atom. The SMILES string of the molecule is CCNC(=O)C(C)NCc1c[nH]c2ncccc12. The number of aromatic amines is 1. The van der Waals surface area contributed by atoms with Crippen molar-refractivity contribution in [3.8, 4) is 0 Å². The first-order chi connectivity index (χ1) is 8.72. The summed E-state index contributed by atoms with van der Waals surface area (Å²) in [6.07, 6.45) is 3.68. The minimum absolute atomic E-state index is 0.0236. The highest BCUT2D eigenvalue weighted by Gasteiger charge is 2.11. The van der Waals surface area contributed by atoms with Gasteiger partial charge in [-0.1, -0.05) is 0 Å². The Hall–Kier alpha value is -1.88. The summed E-state index contributed by atoms with van der Waals surface area (Å²) in [6.45, 7) is 5.07. The van der Waals surface area contributed by atoms with Crippen molar-refractivity contribution in [2.45, 2.75) is 26.4 Å². The molecule has 0 fully saturated rings. The monoisotopic (exact) mass is 246 g/mol. The van der Waals surface area contributed by atoms with E-state index in [2.05, 4.69) is 20.6 Å². The van der Waals surface area contributed by atoms with Gasteiger partial charge in [0.25, 0.3) is 0 Å². The van der Waals surface area contributed by atoms with Gasteiger partial charge in [0.2, 0.25) is 5.91 Å². The van der Waals surface area contributed by atoms with Crippen LogP contribution in [0.2, 0.25) is 0 Å². The van der Waals surface area contributed by atoms with E-state index in [1.165, 1.54) is 0 Å². The number of rotatable bonds is 5. The average Bonchev–Trinajstić information content (AvgIpc) is 2.79. The zero-order valence-corrected chi connectivity index (χ0v) is 10.7. The van der Waals surface area contributed by atoms with Crippen LogP contribution in [0.1, 0.15) is 19.4 Å². The minimum Gasteiger partial charge on any atom is -0.355 e. The van der Waals surface area contributed by atoms with Crippen molar-refractivity contribution in [1.29, 1.82) is 0 Å². The van der Waals surface area contributed by atoms with Crippen LogP contribution in [0.4, 0.5) is 0 Å². The molecule has 0 aliphatic rings. The van der Waals surface area contributed by atoms with Gasteiger partial charge in [0.15, 0.2) is 0 Å². The second-order valence-corrected chi connectivity index (χ2v) is 4.21. The van der Waals surface area contributed by atoms with E-state index in [4.69, 9.17) is 0 Å². The molecule has 2 aromatic rings. The molecule has 5 nitrogen and oxygen atoms in total. The molecule has 1 atom stereocenters. The third-order valence-electron chi connectivity index (χ3n) is 2.88. The fourth-order valence-corrected chi connectivity index (χ4v) is 1.84. The molecule has 0 radical (unpaired) electrons. The van der Waals surface area contributed by atoms with E-state index < -0.39 is 0 Å². The summed E-state index contributed by atoms with van der Waals surface area (Å²) < 4.78 is 0. The average molecular weight is 246 g/mol. The topological polar surface area (TPSA) is 69.8 Å². The van der Waals surface area contributed by atoms with Gasteiger partial charge in [-0.3, -0.25) is 4.79 Å². The molecule has 1 amide bonds. The molecule has 18 heavy (non-hydrogen) atoms. The number of H-pyrrole nitrogens is 1. The molecule has 0 aliphatic carbocycles. The van der Waals surface area contributed by atoms with Crippen molar-refractivity contribution in [2.24, 2.45) is 0 Å². The Bertz CT molecular complexity index is 535. The number of likely N-dealkylation sites (N-methyl/N-ethyl adjacent to an activating group) is 1. The highest BCUT2D eigenvalue weighted by molar-refractivity contribution is 5.82. The van der Waals surface area contributed by atoms with Crippen LogP contribution in [0.15, 0.2) is 24.5 Å². The zero-order valence-electron chi connectivity index (χ0n) is 10.7. The van der Waals surface area contributed by atoms with Crippen molar-refractivity contribution in [2.75, 3.05) is 6.54 Å². The summed E-state index contributed by atoms with van der Waals surface area (Å²) in [6, 6.07) is 3.73. The first kappa shape index (κ1) is 12.6. The number of carbonyl (C=O) groups is 1. The number of fused-ring (bicyclic) bond motifs is 1. The number of hydrogen-bond acceptors (Lipinski definition) is 3. The maximum absolute atomic E-state index is 11.6. The molecular formula is C13H18N4O. The first-order valence-corrected chi connectivity index (χ1v) is 6.14. The number of nitrogens with one attached hydrogen (secondary N) is 3. The van der Waals surface area contributed by atoms with Crippen LogP contribution in [0.25, 0.3) is 11.0 Å². The van der Waals surface area contributed by atoms with Gasteiger partial charge in [0.1, 0.15) is 5.65 Å². The maximum atomic E-state index is 11.6. The highest BCUT2D eigenvalue weighted by Crippen LogP contribution is 2.15. The van der Waals surface area contributed by atoms with Crippen LogP contribution in [0.5, 0.6) is 0 Å². The van der Waals surface area contributed by atoms with Crippen LogP contribution < -0.4 is 10.6 Å². The number of pyridine rings is 1. The molecule has 2 aromatic heterocycles. The number of nitrogens with zero attached hydrogens (tertiary/aromatic N) is 1. The quantitative estimate of drug-likeness (QED) is 0.742. The molecule has 5 heteroatoms. The first-order valence-electron chi connectivity index (χ1n) is 6.14. The number of hydrogen-bond donors (Lipinski definition) is 3. The lowest BCUT2D eigenvalue weighted by Crippen LogP contribution is -2.41. The largest absolute Gasteiger partial charge is 0.355 e. The Kier molecular flexibility index (Phi) is 3.94. The summed E-state index contributed by atoms with van der Waals surface area (Å²) in [7, 11) is 0. The van der Waals surface area contributed by atoms with Gasteiger partial charge < -0.3 is 15.6 Å². The van der Waals surface area contributed by atoms with E-state index in [0.29, 0.717) is 13.1 Å². The van der Waals surface area contributed by atoms with Crippen LogP contribution in [-0.4, -0.2) is 28.5 Å². The van der Waals surface area contributed by atoms with E-state index in [1.54, 1.807) is 6.20 Å². The fourth-order valence-electron chi connectivity index (χ4n) is 1.84. The molecule has 2 heterocycles. The van der Waals surface area contributed by atoms with Crippen LogP contribution in [0.3, 0.4) is 0 Å². The summed E-state index contributed by atoms with van der Waals surface area (Å²) in [4.78, 5) is 18.9. The van der Waals surface area contributed by atoms with Gasteiger partial charge in [-0.15, -0.1) is 0 Å². The second kappa shape index (κ2) is 5.64. The minimum atomic E-state index is -0.202. The standard InChI is InChI=1S/C13H18N4O/c1-3-14-13(18)9(2)16-7-10-8-17-12-11(10)5-4-6-15-12/h4-6,8-9,16H,3,7H2,1-2H3,(H,14,18)(H,15,17). The lowest BCUT2D eigenvalue weighted by molar-refractivity contribution is -0.122. The van der Waals surface area contributed by atoms with E-state index in [0.717, 1.165) is 16.6 Å². The molecule has 3 N–H and O–H groups in total. The third-order valence-corrected chi connectivity index (χ3v) is 2.88. The summed E-state index contributed by atoms with van der Waals surface area (Å²) in [5.74, 6) is 0.0236. The second-order valence-electron chi connectivity index (χ2n) is 4.21. The van der Waals surface area contributed by atoms with Crippen LogP contribution in [0, 0.1) is 0 Å². The zero-order chi connectivity index (χ0) is 13.0. The predicted molar refractivity (Wildman–Crippen MR) is 71.1 cm³/mol. The molecular weight excluding hydrogens is 228 g/mol. The van der Waals surface area contributed by atoms with Gasteiger partial charge in [-0.25, -0.2) is 4.98 Å². The molecule has 96 valence electrons. The third kappa shape index (κ3) is 2.68. The Labute approximate surface area is 106 Å². The van der Waals surface area contributed by atoms with Crippen molar-refractivity contribution in [3.63, 3.8) is 0 Å². The van der Waals surface area contributed by atoms with E-state index in [9.17, 15) is 4.79 Å². The fraction of sp³-hybridized carbons (Fsp3) is 0.385. The van der Waals surface area contributed by atoms with E-state index >= 15 is 0 Å². The van der Waals surface area contributed by atoms with Crippen molar-refractivity contribution in [1.82, 2.24) is 20.6 Å². The molecule has 0 saturated heterocycles. The molecule has 2 rings (SSSR count). The van der Waals surface area contributed by atoms with Gasteiger partial charge >= 0.3 is 0 Å². The van der Waals surface area contributed by atoms with Crippen LogP contribution >= 0.6 is 0 Å². The van der Waals surface area contributed by atoms with Crippen molar-refractivity contribution in [3.05, 3.63) is 30.1 Å². The maximum Gasteiger partial charge on any atom is 0.236 e. The smallest absolute Gasteiger partial charge is 0.236 e. The number of amides is 1. The number of carbonyl (C=O) groups excluding carboxylic acids is 1. The molecule has 0 aromatic carbocycles. The summed E-state index contributed by atoms with van der Waals surface area (Å²) in [5.41, 5.74) is 1.99. The molecule has 1 unspecified atom stereocenters. The predicted octanol–water partition coefficient (Wildman–Crippen LogP) is 1.18. The van der Waals surface area contributed by atoms with Gasteiger partial charge in [0, 0.05) is 30.9 Å². The Balaban J connectivity index is 2.00. The Morgan fingerprint density at radius 1 is 1.56 bits per heavy atom. The highest BCUT2D eigenvalue weighted by atomic mass is 16.2. The summed E-state index contributed by atoms with van der Waals surface area (Å²) in [5, 5.41) is 7.08. The van der Waals surface area contributed by atoms with E-state index in [1.807, 2.05) is 32.2 Å². The van der Waals surface area contributed by atoms with Crippen molar-refractivity contribution >= 4 is 16.9 Å². The van der Waals surface area contributed by atoms with Crippen LogP contribution in [-0.2, 0) is 11.3 Å². The lowest BCUT2D eigenvalue weighted by atomic mass is 10.2. The summed E-state index contributed by atoms with van der Waals surface area (Å²) >= 11 is 0. The normalized spacial score (nSPS) is 12.6. The molecule has 0 saturated carbocycles. The van der Waals surface area contributed by atoms with Gasteiger partial charge in [0.05, 0.1) is 6.04 Å². The van der Waals surface area contributed by atoms with Gasteiger partial charge in [-0.05, 0) is 31.5 Å². The lowest BCUT2D eigenvalue weighted by Gasteiger charge is -2.12. The molecule has 0 spiro atoms. The number of aromatic nitrogens is 2.